The molecule has 128 valence electrons. The van der Waals surface area contributed by atoms with Crippen LogP contribution in [-0.4, -0.2) is 39.3 Å². The fourth-order valence-electron chi connectivity index (χ4n) is 4.05. The van der Waals surface area contributed by atoms with E-state index >= 15 is 0 Å². The number of nitrogens with zero attached hydrogens (tertiary/aromatic N) is 3. The van der Waals surface area contributed by atoms with Gasteiger partial charge in [-0.15, -0.1) is 0 Å². The first-order valence-electron chi connectivity index (χ1n) is 9.06. The molecule has 1 N–H and O–H groups in total. The van der Waals surface area contributed by atoms with E-state index in [-0.39, 0.29) is 5.91 Å². The molecule has 24 heavy (non-hydrogen) atoms. The van der Waals surface area contributed by atoms with Gasteiger partial charge in [0, 0.05) is 42.9 Å². The van der Waals surface area contributed by atoms with Crippen LogP contribution in [0.3, 0.4) is 0 Å². The van der Waals surface area contributed by atoms with Crippen LogP contribution in [-0.2, 0) is 0 Å². The predicted molar refractivity (Wildman–Crippen MR) is 88.8 cm³/mol. The third-order valence-corrected chi connectivity index (χ3v) is 5.43. The number of hydrogen-bond acceptors (Lipinski definition) is 4. The van der Waals surface area contributed by atoms with Gasteiger partial charge in [-0.25, -0.2) is 0 Å². The molecular formula is C18H24N4O2. The molecule has 1 atom stereocenters. The molecule has 0 radical (unpaired) electrons. The molecule has 2 fully saturated rings. The van der Waals surface area contributed by atoms with Gasteiger partial charge in [0.15, 0.2) is 0 Å². The molecule has 1 aliphatic heterocycles. The standard InChI is InChI=1S/C18H24N4O2/c23-18(17-11-16(21-24-17)13-5-2-1-3-6-13)22-10-4-7-14(12-22)15-8-9-19-20-15/h8-9,11,13-14H,1-7,10,12H2,(H,19,20)/t14-/m1/s1. The van der Waals surface area contributed by atoms with Crippen molar-refractivity contribution < 1.29 is 9.32 Å². The molecule has 1 saturated heterocycles. The van der Waals surface area contributed by atoms with E-state index in [1.54, 1.807) is 6.20 Å². The Morgan fingerprint density at radius 3 is 2.79 bits per heavy atom. The summed E-state index contributed by atoms with van der Waals surface area (Å²) in [6.07, 6.45) is 9.97. The van der Waals surface area contributed by atoms with Gasteiger partial charge in [0.1, 0.15) is 0 Å². The first kappa shape index (κ1) is 15.4. The molecule has 3 heterocycles. The van der Waals surface area contributed by atoms with Crippen LogP contribution in [0.2, 0.25) is 0 Å². The molecule has 4 rings (SSSR count). The van der Waals surface area contributed by atoms with Crippen molar-refractivity contribution in [2.75, 3.05) is 13.1 Å². The van der Waals surface area contributed by atoms with Crippen LogP contribution in [0.5, 0.6) is 0 Å². The highest BCUT2D eigenvalue weighted by Gasteiger charge is 2.29. The van der Waals surface area contributed by atoms with Crippen LogP contribution in [0, 0.1) is 0 Å². The molecule has 1 amide bonds. The molecule has 1 saturated carbocycles. The molecule has 6 heteroatoms. The smallest absolute Gasteiger partial charge is 0.292 e. The Morgan fingerprint density at radius 2 is 2.00 bits per heavy atom. The molecule has 6 nitrogen and oxygen atoms in total. The van der Waals surface area contributed by atoms with Gasteiger partial charge in [0.2, 0.25) is 5.76 Å². The van der Waals surface area contributed by atoms with E-state index < -0.39 is 0 Å². The Kier molecular flexibility index (Phi) is 4.36. The molecule has 2 aromatic rings. The lowest BCUT2D eigenvalue weighted by Gasteiger charge is -2.31. The number of rotatable bonds is 3. The average Bonchev–Trinajstić information content (AvgIpc) is 3.34. The van der Waals surface area contributed by atoms with Crippen LogP contribution in [0.15, 0.2) is 22.9 Å². The van der Waals surface area contributed by atoms with Crippen LogP contribution in [0.25, 0.3) is 0 Å². The van der Waals surface area contributed by atoms with E-state index in [9.17, 15) is 4.79 Å². The summed E-state index contributed by atoms with van der Waals surface area (Å²) in [6.45, 7) is 1.49. The van der Waals surface area contributed by atoms with Gasteiger partial charge in [-0.2, -0.15) is 5.10 Å². The second-order valence-electron chi connectivity index (χ2n) is 7.05. The Balaban J connectivity index is 1.44. The van der Waals surface area contributed by atoms with Crippen molar-refractivity contribution in [1.29, 1.82) is 0 Å². The summed E-state index contributed by atoms with van der Waals surface area (Å²) in [5.74, 6) is 1.14. The molecule has 1 aliphatic carbocycles. The maximum Gasteiger partial charge on any atom is 0.292 e. The molecule has 2 aromatic heterocycles. The lowest BCUT2D eigenvalue weighted by molar-refractivity contribution is 0.0663. The van der Waals surface area contributed by atoms with Gasteiger partial charge in [-0.3, -0.25) is 9.89 Å². The highest BCUT2D eigenvalue weighted by Crippen LogP contribution is 2.32. The summed E-state index contributed by atoms with van der Waals surface area (Å²) in [7, 11) is 0. The molecule has 0 unspecified atom stereocenters. The topological polar surface area (TPSA) is 75.0 Å². The molecular weight excluding hydrogens is 304 g/mol. The fraction of sp³-hybridized carbons (Fsp3) is 0.611. The Bertz CT molecular complexity index is 673. The van der Waals surface area contributed by atoms with Gasteiger partial charge in [0.05, 0.1) is 5.69 Å². The van der Waals surface area contributed by atoms with Crippen LogP contribution < -0.4 is 0 Å². The summed E-state index contributed by atoms with van der Waals surface area (Å²) in [5, 5.41) is 11.2. The fourth-order valence-corrected chi connectivity index (χ4v) is 4.05. The van der Waals surface area contributed by atoms with Crippen LogP contribution >= 0.6 is 0 Å². The Morgan fingerprint density at radius 1 is 1.17 bits per heavy atom. The number of aromatic nitrogens is 3. The number of nitrogens with one attached hydrogen (secondary N) is 1. The minimum absolute atomic E-state index is 0.0335. The Hall–Kier alpha value is -2.11. The van der Waals surface area contributed by atoms with Crippen molar-refractivity contribution in [3.8, 4) is 0 Å². The zero-order chi connectivity index (χ0) is 16.4. The number of hydrogen-bond donors (Lipinski definition) is 1. The monoisotopic (exact) mass is 328 g/mol. The quantitative estimate of drug-likeness (QED) is 0.936. The third kappa shape index (κ3) is 3.09. The second kappa shape index (κ2) is 6.79. The van der Waals surface area contributed by atoms with Crippen molar-refractivity contribution in [2.24, 2.45) is 0 Å². The molecule has 0 aromatic carbocycles. The maximum absolute atomic E-state index is 12.8. The van der Waals surface area contributed by atoms with E-state index in [0.717, 1.165) is 43.6 Å². The predicted octanol–water partition coefficient (Wildman–Crippen LogP) is 3.47. The Labute approximate surface area is 141 Å². The minimum atomic E-state index is -0.0335. The van der Waals surface area contributed by atoms with Gasteiger partial charge in [-0.1, -0.05) is 24.4 Å². The van der Waals surface area contributed by atoms with Crippen molar-refractivity contribution in [2.45, 2.75) is 56.8 Å². The number of carbonyl (C=O) groups excluding carboxylic acids is 1. The van der Waals surface area contributed by atoms with E-state index in [4.69, 9.17) is 4.52 Å². The van der Waals surface area contributed by atoms with Gasteiger partial charge in [0.25, 0.3) is 5.91 Å². The number of amides is 1. The minimum Gasteiger partial charge on any atom is -0.351 e. The van der Waals surface area contributed by atoms with Gasteiger partial charge >= 0.3 is 0 Å². The molecule has 0 bridgehead atoms. The lowest BCUT2D eigenvalue weighted by Crippen LogP contribution is -2.39. The summed E-state index contributed by atoms with van der Waals surface area (Å²) in [4.78, 5) is 14.7. The van der Waals surface area contributed by atoms with E-state index in [2.05, 4.69) is 15.4 Å². The zero-order valence-corrected chi connectivity index (χ0v) is 13.9. The molecule has 2 aliphatic rings. The normalized spacial score (nSPS) is 22.7. The number of carbonyl (C=O) groups is 1. The SMILES string of the molecule is O=C(c1cc(C2CCCCC2)no1)N1CCC[C@@H](c2ccn[nH]2)C1. The van der Waals surface area contributed by atoms with Crippen LogP contribution in [0.4, 0.5) is 0 Å². The van der Waals surface area contributed by atoms with Crippen molar-refractivity contribution in [3.63, 3.8) is 0 Å². The summed E-state index contributed by atoms with van der Waals surface area (Å²) in [6, 6.07) is 3.87. The highest BCUT2D eigenvalue weighted by molar-refractivity contribution is 5.91. The average molecular weight is 328 g/mol. The van der Waals surface area contributed by atoms with Crippen molar-refractivity contribution in [1.82, 2.24) is 20.3 Å². The number of H-pyrrole nitrogens is 1. The third-order valence-electron chi connectivity index (χ3n) is 5.43. The van der Waals surface area contributed by atoms with Gasteiger partial charge < -0.3 is 9.42 Å². The maximum atomic E-state index is 12.8. The first-order chi connectivity index (χ1) is 11.8. The summed E-state index contributed by atoms with van der Waals surface area (Å²) < 4.78 is 5.40. The number of piperidine rings is 1. The van der Waals surface area contributed by atoms with E-state index in [1.165, 1.54) is 19.3 Å². The zero-order valence-electron chi connectivity index (χ0n) is 13.9. The second-order valence-corrected chi connectivity index (χ2v) is 7.05. The van der Waals surface area contributed by atoms with Crippen molar-refractivity contribution >= 4 is 5.91 Å². The van der Waals surface area contributed by atoms with Crippen LogP contribution in [0.1, 0.15) is 78.7 Å². The molecule has 0 spiro atoms. The van der Waals surface area contributed by atoms with Gasteiger partial charge in [-0.05, 0) is 31.7 Å². The van der Waals surface area contributed by atoms with E-state index in [1.807, 2.05) is 17.0 Å². The summed E-state index contributed by atoms with van der Waals surface area (Å²) >= 11 is 0. The largest absolute Gasteiger partial charge is 0.351 e. The summed E-state index contributed by atoms with van der Waals surface area (Å²) in [5.41, 5.74) is 2.06. The lowest BCUT2D eigenvalue weighted by atomic mass is 9.87. The number of aromatic amines is 1. The first-order valence-corrected chi connectivity index (χ1v) is 9.06. The van der Waals surface area contributed by atoms with Crippen molar-refractivity contribution in [3.05, 3.63) is 35.5 Å². The highest BCUT2D eigenvalue weighted by atomic mass is 16.5. The van der Waals surface area contributed by atoms with E-state index in [0.29, 0.717) is 24.1 Å². The number of likely N-dealkylation sites (tertiary alicyclic amines) is 1.